The molecular weight excluding hydrogens is 300 g/mol. The highest BCUT2D eigenvalue weighted by Crippen LogP contribution is 2.42. The Labute approximate surface area is 130 Å². The maximum absolute atomic E-state index is 13.0. The molecule has 0 unspecified atom stereocenters. The summed E-state index contributed by atoms with van der Waals surface area (Å²) in [6.07, 6.45) is 0.385. The Morgan fingerprint density at radius 2 is 1.77 bits per heavy atom. The fraction of sp³-hybridized carbons (Fsp3) is 0.250. The number of nitrogens with one attached hydrogen (secondary N) is 1. The van der Waals surface area contributed by atoms with Gasteiger partial charge in [0, 0.05) is 6.42 Å². The number of hydrogen-bond donors (Lipinski definition) is 1. The molecule has 116 valence electrons. The summed E-state index contributed by atoms with van der Waals surface area (Å²) < 4.78 is 33.0. The van der Waals surface area contributed by atoms with Crippen molar-refractivity contribution < 1.29 is 13.2 Å². The third-order valence-corrected chi connectivity index (χ3v) is 5.46. The number of hydrogen-bond acceptors (Lipinski definition) is 4. The van der Waals surface area contributed by atoms with E-state index in [0.717, 1.165) is 0 Å². The molecule has 2 aromatic rings. The normalized spacial score (nSPS) is 19.3. The molecule has 2 aromatic carbocycles. The summed E-state index contributed by atoms with van der Waals surface area (Å²) in [6, 6.07) is 16.3. The largest absolute Gasteiger partial charge is 0.470 e. The summed E-state index contributed by atoms with van der Waals surface area (Å²) in [7, 11) is -1.84. The quantitative estimate of drug-likeness (QED) is 0.941. The zero-order valence-corrected chi connectivity index (χ0v) is 13.1. The SMILES string of the molecule is CNCC[C@H]1Oc2ccccc2N(c2ccccc2)S1(=O)=O. The van der Waals surface area contributed by atoms with Crippen LogP contribution in [0.2, 0.25) is 0 Å². The van der Waals surface area contributed by atoms with Crippen molar-refractivity contribution in [1.29, 1.82) is 0 Å². The van der Waals surface area contributed by atoms with E-state index in [1.165, 1.54) is 4.31 Å². The molecule has 3 rings (SSSR count). The summed E-state index contributed by atoms with van der Waals surface area (Å²) in [5.41, 5.74) is 0.275. The van der Waals surface area contributed by atoms with Gasteiger partial charge < -0.3 is 10.1 Å². The van der Waals surface area contributed by atoms with Gasteiger partial charge in [-0.15, -0.1) is 0 Å². The zero-order chi connectivity index (χ0) is 15.6. The first-order valence-electron chi connectivity index (χ1n) is 7.14. The Kier molecular flexibility index (Phi) is 4.04. The molecule has 0 radical (unpaired) electrons. The summed E-state index contributed by atoms with van der Waals surface area (Å²) in [4.78, 5) is 0. The summed E-state index contributed by atoms with van der Waals surface area (Å²) in [5, 5.41) is 2.97. The van der Waals surface area contributed by atoms with Crippen LogP contribution < -0.4 is 14.4 Å². The lowest BCUT2D eigenvalue weighted by Gasteiger charge is -2.35. The molecule has 1 atom stereocenters. The third kappa shape index (κ3) is 2.55. The van der Waals surface area contributed by atoms with Crippen molar-refractivity contribution in [2.75, 3.05) is 17.9 Å². The van der Waals surface area contributed by atoms with Gasteiger partial charge in [0.15, 0.2) is 0 Å². The number of para-hydroxylation sites is 3. The summed E-state index contributed by atoms with van der Waals surface area (Å²) in [5.74, 6) is 0.585. The molecule has 0 fully saturated rings. The Hall–Kier alpha value is -2.05. The van der Waals surface area contributed by atoms with Crippen LogP contribution >= 0.6 is 0 Å². The van der Waals surface area contributed by atoms with Crippen LogP contribution in [0.15, 0.2) is 54.6 Å². The molecule has 6 heteroatoms. The summed E-state index contributed by atoms with van der Waals surface area (Å²) >= 11 is 0. The van der Waals surface area contributed by atoms with Crippen LogP contribution in [0.1, 0.15) is 6.42 Å². The summed E-state index contributed by atoms with van der Waals surface area (Å²) in [6.45, 7) is 0.564. The molecule has 0 aliphatic carbocycles. The molecule has 1 heterocycles. The molecule has 0 bridgehead atoms. The Bertz CT molecular complexity index is 747. The van der Waals surface area contributed by atoms with E-state index in [9.17, 15) is 8.42 Å². The Morgan fingerprint density at radius 1 is 1.09 bits per heavy atom. The number of fused-ring (bicyclic) bond motifs is 1. The first-order chi connectivity index (χ1) is 10.6. The maximum Gasteiger partial charge on any atom is 0.278 e. The van der Waals surface area contributed by atoms with Gasteiger partial charge in [-0.25, -0.2) is 12.7 Å². The van der Waals surface area contributed by atoms with Crippen LogP contribution in [0.5, 0.6) is 5.75 Å². The van der Waals surface area contributed by atoms with Gasteiger partial charge in [-0.3, -0.25) is 0 Å². The van der Waals surface area contributed by atoms with Crippen LogP contribution in [0.3, 0.4) is 0 Å². The smallest absolute Gasteiger partial charge is 0.278 e. The van der Waals surface area contributed by atoms with Crippen LogP contribution in [0, 0.1) is 0 Å². The van der Waals surface area contributed by atoms with Crippen molar-refractivity contribution in [2.45, 2.75) is 11.9 Å². The van der Waals surface area contributed by atoms with Gasteiger partial charge in [-0.2, -0.15) is 0 Å². The van der Waals surface area contributed by atoms with Crippen LogP contribution in [0.4, 0.5) is 11.4 Å². The number of anilines is 2. The monoisotopic (exact) mass is 318 g/mol. The van der Waals surface area contributed by atoms with E-state index in [-0.39, 0.29) is 0 Å². The van der Waals surface area contributed by atoms with Crippen molar-refractivity contribution in [3.05, 3.63) is 54.6 Å². The van der Waals surface area contributed by atoms with Crippen molar-refractivity contribution >= 4 is 21.4 Å². The lowest BCUT2D eigenvalue weighted by Crippen LogP contribution is -2.44. The minimum absolute atomic E-state index is 0.385. The standard InChI is InChI=1S/C16H18N2O3S/c1-17-12-11-16-21-15-10-6-5-9-14(15)18(22(16,19)20)13-7-3-2-4-8-13/h2-10,16-17H,11-12H2,1H3/t16-/m0/s1. The molecule has 0 spiro atoms. The maximum atomic E-state index is 13.0. The van der Waals surface area contributed by atoms with Crippen molar-refractivity contribution in [1.82, 2.24) is 5.32 Å². The first-order valence-corrected chi connectivity index (χ1v) is 8.64. The highest BCUT2D eigenvalue weighted by atomic mass is 32.2. The topological polar surface area (TPSA) is 58.6 Å². The van der Waals surface area contributed by atoms with E-state index in [1.807, 2.05) is 30.3 Å². The van der Waals surface area contributed by atoms with E-state index in [4.69, 9.17) is 4.74 Å². The average molecular weight is 318 g/mol. The van der Waals surface area contributed by atoms with Crippen LogP contribution in [-0.2, 0) is 10.0 Å². The average Bonchev–Trinajstić information content (AvgIpc) is 2.53. The van der Waals surface area contributed by atoms with E-state index in [1.54, 1.807) is 31.3 Å². The number of rotatable bonds is 4. The van der Waals surface area contributed by atoms with Crippen molar-refractivity contribution in [2.24, 2.45) is 0 Å². The third-order valence-electron chi connectivity index (χ3n) is 3.55. The second-order valence-corrected chi connectivity index (χ2v) is 6.97. The predicted molar refractivity (Wildman–Crippen MR) is 86.9 cm³/mol. The van der Waals surface area contributed by atoms with Crippen molar-refractivity contribution in [3.63, 3.8) is 0 Å². The Morgan fingerprint density at radius 3 is 2.50 bits per heavy atom. The highest BCUT2D eigenvalue weighted by Gasteiger charge is 2.40. The molecule has 1 N–H and O–H groups in total. The molecule has 1 aliphatic heterocycles. The Balaban J connectivity index is 2.12. The minimum atomic E-state index is -3.63. The van der Waals surface area contributed by atoms with Gasteiger partial charge in [-0.05, 0) is 37.9 Å². The molecule has 0 saturated carbocycles. The van der Waals surface area contributed by atoms with Gasteiger partial charge >= 0.3 is 0 Å². The van der Waals surface area contributed by atoms with E-state index < -0.39 is 15.5 Å². The molecule has 0 amide bonds. The van der Waals surface area contributed by atoms with Gasteiger partial charge in [0.05, 0.1) is 11.4 Å². The van der Waals surface area contributed by atoms with Gasteiger partial charge in [-0.1, -0.05) is 30.3 Å². The number of nitrogens with zero attached hydrogens (tertiary/aromatic N) is 1. The number of benzene rings is 2. The van der Waals surface area contributed by atoms with Crippen LogP contribution in [-0.4, -0.2) is 27.4 Å². The highest BCUT2D eigenvalue weighted by molar-refractivity contribution is 7.93. The molecule has 22 heavy (non-hydrogen) atoms. The van der Waals surface area contributed by atoms with Crippen LogP contribution in [0.25, 0.3) is 0 Å². The molecule has 5 nitrogen and oxygen atoms in total. The number of sulfonamides is 1. The van der Waals surface area contributed by atoms with E-state index in [2.05, 4.69) is 5.32 Å². The zero-order valence-electron chi connectivity index (χ0n) is 12.3. The first kappa shape index (κ1) is 14.9. The molecule has 0 aromatic heterocycles. The predicted octanol–water partition coefficient (Wildman–Crippen LogP) is 2.48. The second-order valence-electron chi connectivity index (χ2n) is 5.05. The molecule has 0 saturated heterocycles. The lowest BCUT2D eigenvalue weighted by molar-refractivity contribution is 0.257. The number of ether oxygens (including phenoxy) is 1. The molecule has 1 aliphatic rings. The molecular formula is C16H18N2O3S. The van der Waals surface area contributed by atoms with E-state index in [0.29, 0.717) is 30.1 Å². The second kappa shape index (κ2) is 5.98. The lowest BCUT2D eigenvalue weighted by atomic mass is 10.2. The van der Waals surface area contributed by atoms with E-state index >= 15 is 0 Å². The van der Waals surface area contributed by atoms with Gasteiger partial charge in [0.25, 0.3) is 10.0 Å². The van der Waals surface area contributed by atoms with Gasteiger partial charge in [0.2, 0.25) is 5.44 Å². The fourth-order valence-corrected chi connectivity index (χ4v) is 4.22. The minimum Gasteiger partial charge on any atom is -0.470 e. The van der Waals surface area contributed by atoms with Gasteiger partial charge in [0.1, 0.15) is 5.75 Å². The van der Waals surface area contributed by atoms with Crippen molar-refractivity contribution in [3.8, 4) is 5.75 Å². The fourth-order valence-electron chi connectivity index (χ4n) is 2.50.